The average molecular weight is 376 g/mol. The van der Waals surface area contributed by atoms with E-state index in [0.29, 0.717) is 22.4 Å². The van der Waals surface area contributed by atoms with Crippen molar-refractivity contribution in [1.82, 2.24) is 4.98 Å². The third kappa shape index (κ3) is 2.97. The van der Waals surface area contributed by atoms with E-state index in [4.69, 9.17) is 22.1 Å². The maximum Gasteiger partial charge on any atom is 0.238 e. The van der Waals surface area contributed by atoms with Crippen LogP contribution in [0, 0.1) is 3.57 Å². The normalized spacial score (nSPS) is 10.2. The summed E-state index contributed by atoms with van der Waals surface area (Å²) in [6, 6.07) is 9.13. The summed E-state index contributed by atoms with van der Waals surface area (Å²) in [5.41, 5.74) is 7.15. The Bertz CT molecular complexity index is 577. The second-order valence-corrected chi connectivity index (χ2v) is 5.14. The fourth-order valence-corrected chi connectivity index (χ4v) is 2.42. The number of rotatable bonds is 3. The third-order valence-electron chi connectivity index (χ3n) is 2.28. The number of benzene rings is 1. The van der Waals surface area contributed by atoms with Gasteiger partial charge in [-0.1, -0.05) is 11.6 Å². The zero-order valence-corrected chi connectivity index (χ0v) is 12.5. The van der Waals surface area contributed by atoms with Gasteiger partial charge in [0.15, 0.2) is 0 Å². The molecule has 4 nitrogen and oxygen atoms in total. The van der Waals surface area contributed by atoms with Crippen LogP contribution >= 0.6 is 34.2 Å². The van der Waals surface area contributed by atoms with E-state index < -0.39 is 0 Å². The Balaban J connectivity index is 2.28. The van der Waals surface area contributed by atoms with Gasteiger partial charge in [0.1, 0.15) is 5.82 Å². The first kappa shape index (κ1) is 13.2. The number of aromatic nitrogens is 1. The summed E-state index contributed by atoms with van der Waals surface area (Å²) >= 11 is 8.11. The Morgan fingerprint density at radius 3 is 2.78 bits per heavy atom. The van der Waals surface area contributed by atoms with Crippen LogP contribution in [-0.2, 0) is 0 Å². The molecule has 94 valence electrons. The van der Waals surface area contributed by atoms with Crippen LogP contribution in [0.4, 0.5) is 17.2 Å². The molecule has 1 aromatic heterocycles. The zero-order chi connectivity index (χ0) is 13.1. The van der Waals surface area contributed by atoms with Gasteiger partial charge in [-0.3, -0.25) is 0 Å². The molecule has 0 saturated heterocycles. The molecule has 0 saturated carbocycles. The number of methoxy groups -OCH3 is 1. The second kappa shape index (κ2) is 5.62. The lowest BCUT2D eigenvalue weighted by Gasteiger charge is -2.10. The maximum absolute atomic E-state index is 5.90. The summed E-state index contributed by atoms with van der Waals surface area (Å²) in [7, 11) is 1.54. The Kier molecular flexibility index (Phi) is 4.13. The number of anilines is 3. The van der Waals surface area contributed by atoms with Crippen molar-refractivity contribution in [3.63, 3.8) is 0 Å². The quantitative estimate of drug-likeness (QED) is 0.804. The third-order valence-corrected chi connectivity index (χ3v) is 3.40. The topological polar surface area (TPSA) is 60.2 Å². The van der Waals surface area contributed by atoms with E-state index in [1.807, 2.05) is 18.2 Å². The van der Waals surface area contributed by atoms with Gasteiger partial charge in [0, 0.05) is 8.59 Å². The minimum atomic E-state index is 0.406. The zero-order valence-electron chi connectivity index (χ0n) is 9.58. The molecule has 6 heteroatoms. The average Bonchev–Trinajstić information content (AvgIpc) is 2.35. The lowest BCUT2D eigenvalue weighted by molar-refractivity contribution is 0.401. The van der Waals surface area contributed by atoms with Crippen molar-refractivity contribution in [1.29, 1.82) is 0 Å². The van der Waals surface area contributed by atoms with E-state index >= 15 is 0 Å². The Labute approximate surface area is 124 Å². The highest BCUT2D eigenvalue weighted by Crippen LogP contribution is 2.27. The van der Waals surface area contributed by atoms with Crippen molar-refractivity contribution < 1.29 is 4.74 Å². The monoisotopic (exact) mass is 375 g/mol. The molecular weight excluding hydrogens is 365 g/mol. The van der Waals surface area contributed by atoms with Crippen LogP contribution in [0.5, 0.6) is 5.88 Å². The molecule has 0 bridgehead atoms. The number of pyridine rings is 1. The lowest BCUT2D eigenvalue weighted by atomic mass is 10.3. The van der Waals surface area contributed by atoms with Gasteiger partial charge in [-0.25, -0.2) is 0 Å². The highest BCUT2D eigenvalue weighted by atomic mass is 127. The molecule has 0 atom stereocenters. The first-order valence-electron chi connectivity index (χ1n) is 5.12. The number of halogens is 2. The molecule has 0 aliphatic heterocycles. The van der Waals surface area contributed by atoms with Gasteiger partial charge in [0.25, 0.3) is 0 Å². The molecule has 1 aromatic carbocycles. The van der Waals surface area contributed by atoms with E-state index in [2.05, 4.69) is 32.9 Å². The number of hydrogen-bond donors (Lipinski definition) is 2. The first-order valence-corrected chi connectivity index (χ1v) is 6.58. The molecule has 0 aliphatic carbocycles. The minimum Gasteiger partial charge on any atom is -0.479 e. The fraction of sp³-hybridized carbons (Fsp3) is 0.0833. The standard InChI is InChI=1S/C12H11ClIN3O/c1-18-12-9(15)3-5-11(17-12)16-10-4-2-7(13)6-8(10)14/h2-6H,15H2,1H3,(H,16,17). The molecule has 1 heterocycles. The van der Waals surface area contributed by atoms with Gasteiger partial charge < -0.3 is 15.8 Å². The van der Waals surface area contributed by atoms with Gasteiger partial charge >= 0.3 is 0 Å². The van der Waals surface area contributed by atoms with Gasteiger partial charge in [-0.2, -0.15) is 4.98 Å². The van der Waals surface area contributed by atoms with Crippen LogP contribution in [0.25, 0.3) is 0 Å². The van der Waals surface area contributed by atoms with E-state index in [9.17, 15) is 0 Å². The molecule has 0 unspecified atom stereocenters. The first-order chi connectivity index (χ1) is 8.60. The highest BCUT2D eigenvalue weighted by molar-refractivity contribution is 14.1. The molecule has 0 spiro atoms. The summed E-state index contributed by atoms with van der Waals surface area (Å²) in [5, 5.41) is 3.89. The van der Waals surface area contributed by atoms with E-state index in [0.717, 1.165) is 9.26 Å². The minimum absolute atomic E-state index is 0.406. The predicted octanol–water partition coefficient (Wildman–Crippen LogP) is 3.67. The van der Waals surface area contributed by atoms with E-state index in [-0.39, 0.29) is 0 Å². The number of nitrogens with zero attached hydrogens (tertiary/aromatic N) is 1. The van der Waals surface area contributed by atoms with Crippen molar-refractivity contribution >= 4 is 51.4 Å². The van der Waals surface area contributed by atoms with Gasteiger partial charge in [0.2, 0.25) is 5.88 Å². The molecule has 0 fully saturated rings. The molecule has 2 aromatic rings. The molecule has 3 N–H and O–H groups in total. The number of hydrogen-bond acceptors (Lipinski definition) is 4. The second-order valence-electron chi connectivity index (χ2n) is 3.54. The van der Waals surface area contributed by atoms with Gasteiger partial charge in [-0.05, 0) is 52.9 Å². The molecule has 0 aliphatic rings. The highest BCUT2D eigenvalue weighted by Gasteiger charge is 2.05. The summed E-state index contributed by atoms with van der Waals surface area (Å²) in [6.07, 6.45) is 0. The van der Waals surface area contributed by atoms with Crippen molar-refractivity contribution in [3.05, 3.63) is 38.9 Å². The van der Waals surface area contributed by atoms with E-state index in [1.54, 1.807) is 12.1 Å². The van der Waals surface area contributed by atoms with Crippen molar-refractivity contribution in [2.75, 3.05) is 18.2 Å². The Morgan fingerprint density at radius 1 is 1.33 bits per heavy atom. The predicted molar refractivity (Wildman–Crippen MR) is 82.7 cm³/mol. The summed E-state index contributed by atoms with van der Waals surface area (Å²) < 4.78 is 6.09. The van der Waals surface area contributed by atoms with Crippen LogP contribution in [0.3, 0.4) is 0 Å². The Hall–Kier alpha value is -1.21. The molecule has 0 radical (unpaired) electrons. The van der Waals surface area contributed by atoms with Crippen LogP contribution in [0.2, 0.25) is 5.02 Å². The van der Waals surface area contributed by atoms with Gasteiger partial charge in [-0.15, -0.1) is 0 Å². The Morgan fingerprint density at radius 2 is 2.11 bits per heavy atom. The number of nitrogens with two attached hydrogens (primary N) is 1. The maximum atomic E-state index is 5.90. The van der Waals surface area contributed by atoms with Gasteiger partial charge in [0.05, 0.1) is 18.5 Å². The molecule has 18 heavy (non-hydrogen) atoms. The molecule has 2 rings (SSSR count). The smallest absolute Gasteiger partial charge is 0.238 e. The summed E-state index contributed by atoms with van der Waals surface area (Å²) in [6.45, 7) is 0. The van der Waals surface area contributed by atoms with Crippen LogP contribution < -0.4 is 15.8 Å². The summed E-state index contributed by atoms with van der Waals surface area (Å²) in [5.74, 6) is 1.07. The number of ether oxygens (including phenoxy) is 1. The summed E-state index contributed by atoms with van der Waals surface area (Å²) in [4.78, 5) is 4.25. The molecular formula is C12H11ClIN3O. The fourth-order valence-electron chi connectivity index (χ4n) is 1.41. The van der Waals surface area contributed by atoms with Crippen molar-refractivity contribution in [3.8, 4) is 5.88 Å². The SMILES string of the molecule is COc1nc(Nc2ccc(Cl)cc2I)ccc1N. The number of nitrogens with one attached hydrogen (secondary N) is 1. The van der Waals surface area contributed by atoms with Crippen LogP contribution in [0.1, 0.15) is 0 Å². The lowest BCUT2D eigenvalue weighted by Crippen LogP contribution is -2.00. The van der Waals surface area contributed by atoms with Crippen molar-refractivity contribution in [2.24, 2.45) is 0 Å². The van der Waals surface area contributed by atoms with Crippen LogP contribution in [-0.4, -0.2) is 12.1 Å². The van der Waals surface area contributed by atoms with Crippen molar-refractivity contribution in [2.45, 2.75) is 0 Å². The largest absolute Gasteiger partial charge is 0.479 e. The number of nitrogen functional groups attached to an aromatic ring is 1. The van der Waals surface area contributed by atoms with Crippen LogP contribution in [0.15, 0.2) is 30.3 Å². The molecule has 0 amide bonds. The van der Waals surface area contributed by atoms with E-state index in [1.165, 1.54) is 7.11 Å².